The van der Waals surface area contributed by atoms with Gasteiger partial charge in [-0.2, -0.15) is 0 Å². The highest BCUT2D eigenvalue weighted by molar-refractivity contribution is 5.82. The van der Waals surface area contributed by atoms with Crippen molar-refractivity contribution in [3.05, 3.63) is 47.9 Å². The summed E-state index contributed by atoms with van der Waals surface area (Å²) in [5, 5.41) is 0. The molecule has 0 saturated carbocycles. The SMILES string of the molecule is COC(=O)C(C)(C)c1cccc(C2OC=CO2)c1. The first-order chi connectivity index (χ1) is 8.55. The standard InChI is InChI=1S/C14H16O4/c1-14(2,13(15)16-3)11-6-4-5-10(9-11)12-17-7-8-18-12/h4-9,12H,1-3H3. The molecule has 0 N–H and O–H groups in total. The molecule has 1 aromatic carbocycles. The second kappa shape index (κ2) is 4.72. The number of rotatable bonds is 3. The summed E-state index contributed by atoms with van der Waals surface area (Å²) in [6, 6.07) is 7.56. The monoisotopic (exact) mass is 248 g/mol. The van der Waals surface area contributed by atoms with Crippen LogP contribution in [0.3, 0.4) is 0 Å². The first-order valence-corrected chi connectivity index (χ1v) is 5.70. The van der Waals surface area contributed by atoms with Gasteiger partial charge in [-0.3, -0.25) is 4.79 Å². The fourth-order valence-electron chi connectivity index (χ4n) is 1.84. The quantitative estimate of drug-likeness (QED) is 0.771. The molecule has 96 valence electrons. The van der Waals surface area contributed by atoms with Crippen LogP contribution in [-0.2, 0) is 24.4 Å². The number of carbonyl (C=O) groups excluding carboxylic acids is 1. The van der Waals surface area contributed by atoms with Crippen molar-refractivity contribution in [1.29, 1.82) is 0 Å². The lowest BCUT2D eigenvalue weighted by Gasteiger charge is -2.23. The molecule has 0 bridgehead atoms. The van der Waals surface area contributed by atoms with Gasteiger partial charge in [-0.15, -0.1) is 0 Å². The minimum atomic E-state index is -0.698. The third kappa shape index (κ3) is 2.18. The van der Waals surface area contributed by atoms with Crippen molar-refractivity contribution >= 4 is 5.97 Å². The summed E-state index contributed by atoms with van der Waals surface area (Å²) < 4.78 is 15.4. The molecule has 0 atom stereocenters. The third-order valence-corrected chi connectivity index (χ3v) is 3.04. The Morgan fingerprint density at radius 2 is 1.94 bits per heavy atom. The smallest absolute Gasteiger partial charge is 0.315 e. The summed E-state index contributed by atoms with van der Waals surface area (Å²) >= 11 is 0. The summed E-state index contributed by atoms with van der Waals surface area (Å²) in [5.41, 5.74) is 1.04. The summed E-state index contributed by atoms with van der Waals surface area (Å²) in [4.78, 5) is 11.8. The van der Waals surface area contributed by atoms with Gasteiger partial charge in [0.25, 0.3) is 6.29 Å². The summed E-state index contributed by atoms with van der Waals surface area (Å²) in [6.45, 7) is 3.65. The van der Waals surface area contributed by atoms with E-state index in [0.29, 0.717) is 0 Å². The van der Waals surface area contributed by atoms with Gasteiger partial charge < -0.3 is 14.2 Å². The van der Waals surface area contributed by atoms with E-state index in [1.807, 2.05) is 38.1 Å². The predicted octanol–water partition coefficient (Wildman–Crippen LogP) is 2.65. The molecule has 0 aromatic heterocycles. The van der Waals surface area contributed by atoms with Crippen LogP contribution in [0.1, 0.15) is 31.3 Å². The Balaban J connectivity index is 2.29. The number of methoxy groups -OCH3 is 1. The van der Waals surface area contributed by atoms with Crippen LogP contribution in [0, 0.1) is 0 Å². The highest BCUT2D eigenvalue weighted by Gasteiger charge is 2.31. The Kier molecular flexibility index (Phi) is 3.28. The number of hydrogen-bond donors (Lipinski definition) is 0. The molecule has 4 nitrogen and oxygen atoms in total. The van der Waals surface area contributed by atoms with E-state index in [4.69, 9.17) is 14.2 Å². The Hall–Kier alpha value is -1.97. The number of benzene rings is 1. The molecule has 4 heteroatoms. The molecule has 0 spiro atoms. The van der Waals surface area contributed by atoms with Crippen LogP contribution in [0.25, 0.3) is 0 Å². The maximum absolute atomic E-state index is 11.8. The average Bonchev–Trinajstić information content (AvgIpc) is 2.91. The van der Waals surface area contributed by atoms with E-state index in [0.717, 1.165) is 11.1 Å². The van der Waals surface area contributed by atoms with Crippen LogP contribution in [-0.4, -0.2) is 13.1 Å². The second-order valence-electron chi connectivity index (χ2n) is 4.62. The van der Waals surface area contributed by atoms with E-state index in [2.05, 4.69) is 0 Å². The van der Waals surface area contributed by atoms with Crippen molar-refractivity contribution in [3.8, 4) is 0 Å². The minimum Gasteiger partial charge on any atom is -0.468 e. The number of hydrogen-bond acceptors (Lipinski definition) is 4. The molecule has 1 heterocycles. The second-order valence-corrected chi connectivity index (χ2v) is 4.62. The van der Waals surface area contributed by atoms with Gasteiger partial charge >= 0.3 is 5.97 Å². The zero-order valence-electron chi connectivity index (χ0n) is 10.7. The zero-order chi connectivity index (χ0) is 13.2. The minimum absolute atomic E-state index is 0.272. The predicted molar refractivity (Wildman–Crippen MR) is 65.5 cm³/mol. The number of carbonyl (C=O) groups is 1. The molecule has 0 unspecified atom stereocenters. The first kappa shape index (κ1) is 12.5. The number of ether oxygens (including phenoxy) is 3. The van der Waals surface area contributed by atoms with Gasteiger partial charge in [-0.25, -0.2) is 0 Å². The lowest BCUT2D eigenvalue weighted by atomic mass is 9.84. The fraction of sp³-hybridized carbons (Fsp3) is 0.357. The van der Waals surface area contributed by atoms with Crippen molar-refractivity contribution in [2.45, 2.75) is 25.6 Å². The van der Waals surface area contributed by atoms with E-state index in [-0.39, 0.29) is 5.97 Å². The topological polar surface area (TPSA) is 44.8 Å². The third-order valence-electron chi connectivity index (χ3n) is 3.04. The van der Waals surface area contributed by atoms with Gasteiger partial charge in [-0.05, 0) is 25.5 Å². The van der Waals surface area contributed by atoms with Crippen molar-refractivity contribution in [1.82, 2.24) is 0 Å². The van der Waals surface area contributed by atoms with E-state index >= 15 is 0 Å². The molecule has 18 heavy (non-hydrogen) atoms. The van der Waals surface area contributed by atoms with E-state index in [1.54, 1.807) is 0 Å². The van der Waals surface area contributed by atoms with Gasteiger partial charge in [0.1, 0.15) is 12.5 Å². The van der Waals surface area contributed by atoms with Gasteiger partial charge in [-0.1, -0.05) is 18.2 Å². The molecule has 1 aromatic rings. The molecule has 0 amide bonds. The highest BCUT2D eigenvalue weighted by atomic mass is 16.7. The first-order valence-electron chi connectivity index (χ1n) is 5.70. The molecule has 1 aliphatic heterocycles. The lowest BCUT2D eigenvalue weighted by Crippen LogP contribution is -2.30. The van der Waals surface area contributed by atoms with Crippen LogP contribution in [0.15, 0.2) is 36.8 Å². The van der Waals surface area contributed by atoms with Crippen LogP contribution in [0.4, 0.5) is 0 Å². The fourth-order valence-corrected chi connectivity index (χ4v) is 1.84. The Morgan fingerprint density at radius 3 is 2.56 bits per heavy atom. The van der Waals surface area contributed by atoms with Crippen LogP contribution < -0.4 is 0 Å². The lowest BCUT2D eigenvalue weighted by molar-refractivity contribution is -0.146. The summed E-state index contributed by atoms with van der Waals surface area (Å²) in [7, 11) is 1.39. The Morgan fingerprint density at radius 1 is 1.28 bits per heavy atom. The number of esters is 1. The van der Waals surface area contributed by atoms with Crippen molar-refractivity contribution in [2.75, 3.05) is 7.11 Å². The molecule has 0 radical (unpaired) electrons. The van der Waals surface area contributed by atoms with Gasteiger partial charge in [0.2, 0.25) is 0 Å². The van der Waals surface area contributed by atoms with Crippen molar-refractivity contribution in [3.63, 3.8) is 0 Å². The average molecular weight is 248 g/mol. The molecule has 0 saturated heterocycles. The summed E-state index contributed by atoms with van der Waals surface area (Å²) in [6.07, 6.45) is 2.57. The van der Waals surface area contributed by atoms with E-state index < -0.39 is 11.7 Å². The molecular formula is C14H16O4. The Labute approximate surface area is 106 Å². The Bertz CT molecular complexity index is 468. The maximum Gasteiger partial charge on any atom is 0.315 e. The summed E-state index contributed by atoms with van der Waals surface area (Å²) in [5.74, 6) is -0.272. The molecule has 0 fully saturated rings. The maximum atomic E-state index is 11.8. The molecule has 2 rings (SSSR count). The molecule has 1 aliphatic rings. The van der Waals surface area contributed by atoms with E-state index in [1.165, 1.54) is 19.6 Å². The van der Waals surface area contributed by atoms with Crippen LogP contribution in [0.5, 0.6) is 0 Å². The normalized spacial score (nSPS) is 15.1. The molecule has 0 aliphatic carbocycles. The highest BCUT2D eigenvalue weighted by Crippen LogP contribution is 2.30. The van der Waals surface area contributed by atoms with Gasteiger partial charge in [0.15, 0.2) is 0 Å². The van der Waals surface area contributed by atoms with Crippen LogP contribution in [0.2, 0.25) is 0 Å². The van der Waals surface area contributed by atoms with Crippen molar-refractivity contribution < 1.29 is 19.0 Å². The van der Waals surface area contributed by atoms with E-state index in [9.17, 15) is 4.79 Å². The molecular weight excluding hydrogens is 232 g/mol. The van der Waals surface area contributed by atoms with Crippen molar-refractivity contribution in [2.24, 2.45) is 0 Å². The zero-order valence-corrected chi connectivity index (χ0v) is 10.7. The van der Waals surface area contributed by atoms with Gasteiger partial charge in [0.05, 0.1) is 12.5 Å². The van der Waals surface area contributed by atoms with Crippen LogP contribution >= 0.6 is 0 Å². The largest absolute Gasteiger partial charge is 0.468 e. The van der Waals surface area contributed by atoms with Gasteiger partial charge in [0, 0.05) is 5.56 Å².